The van der Waals surface area contributed by atoms with E-state index in [-0.39, 0.29) is 66.0 Å². The number of Topliss-reactive ketones (excluding diaryl/α,β-unsaturated/α-hetero) is 1. The van der Waals surface area contributed by atoms with Crippen LogP contribution in [0.5, 0.6) is 0 Å². The number of nitrogen functional groups attached to an aromatic ring is 1. The van der Waals surface area contributed by atoms with Crippen molar-refractivity contribution in [2.45, 2.75) is 84.0 Å². The van der Waals surface area contributed by atoms with Gasteiger partial charge in [0, 0.05) is 37.1 Å². The number of phosphoric ester groups is 3. The highest BCUT2D eigenvalue weighted by molar-refractivity contribution is 8.13. The Balaban J connectivity index is 1.44. The Bertz CT molecular complexity index is 1990. The van der Waals surface area contributed by atoms with Crippen molar-refractivity contribution >= 4 is 74.9 Å². The highest BCUT2D eigenvalue weighted by atomic mass is 32.2. The van der Waals surface area contributed by atoms with Crippen LogP contribution in [0.3, 0.4) is 0 Å². The summed E-state index contributed by atoms with van der Waals surface area (Å²) in [6, 6.07) is 0. The van der Waals surface area contributed by atoms with Gasteiger partial charge in [-0.15, -0.1) is 0 Å². The van der Waals surface area contributed by atoms with Gasteiger partial charge in [-0.05, 0) is 20.3 Å². The number of fused-ring (bicyclic) bond motifs is 1. The molecule has 3 unspecified atom stereocenters. The van der Waals surface area contributed by atoms with Gasteiger partial charge in [-0.2, -0.15) is 4.31 Å². The van der Waals surface area contributed by atoms with E-state index in [0.717, 1.165) is 34.6 Å². The number of nitrogens with one attached hydrogen (secondary N) is 2. The number of phosphoric acid groups is 3. The van der Waals surface area contributed by atoms with Gasteiger partial charge >= 0.3 is 23.5 Å². The number of aliphatic hydroxyl groups is 2. The summed E-state index contributed by atoms with van der Waals surface area (Å²) in [5, 5.41) is 26.0. The van der Waals surface area contributed by atoms with Crippen molar-refractivity contribution < 1.29 is 85.3 Å². The summed E-state index contributed by atoms with van der Waals surface area (Å²) >= 11 is 0.902. The van der Waals surface area contributed by atoms with E-state index < -0.39 is 84.6 Å². The molecule has 10 N–H and O–H groups in total. The maximum absolute atomic E-state index is 12.7. The largest absolute Gasteiger partial charge is 0.481 e. The molecular weight excluding hydrogens is 871 g/mol. The minimum Gasteiger partial charge on any atom is -0.386 e. The molecule has 2 aromatic heterocycles. The summed E-state index contributed by atoms with van der Waals surface area (Å²) in [4.78, 5) is 99.5. The number of ketones is 1. The summed E-state index contributed by atoms with van der Waals surface area (Å²) < 4.78 is 62.1. The predicted octanol–water partition coefficient (Wildman–Crippen LogP) is 0.370. The monoisotopic (exact) mass is 919 g/mol. The number of allylic oxidation sites excluding steroid dienone is 2. The Labute approximate surface area is 341 Å². The molecule has 2 aromatic rings. The Kier molecular flexibility index (Phi) is 18.5. The second-order valence-electron chi connectivity index (χ2n) is 13.8. The molecule has 1 saturated heterocycles. The van der Waals surface area contributed by atoms with E-state index in [0.29, 0.717) is 6.42 Å². The normalized spacial score (nSPS) is 21.0. The van der Waals surface area contributed by atoms with E-state index in [4.69, 9.17) is 19.5 Å². The van der Waals surface area contributed by atoms with Crippen LogP contribution in [-0.2, 0) is 55.5 Å². The van der Waals surface area contributed by atoms with Crippen LogP contribution < -0.4 is 16.4 Å². The van der Waals surface area contributed by atoms with Crippen LogP contribution >= 0.6 is 35.2 Å². The van der Waals surface area contributed by atoms with Crippen molar-refractivity contribution in [1.82, 2.24) is 30.2 Å². The average Bonchev–Trinajstić information content (AvgIpc) is 3.67. The summed E-state index contributed by atoms with van der Waals surface area (Å²) in [7, 11) is -16.4. The highest BCUT2D eigenvalue weighted by Gasteiger charge is 2.50. The van der Waals surface area contributed by atoms with Gasteiger partial charge in [0.05, 0.1) is 26.0 Å². The van der Waals surface area contributed by atoms with E-state index in [1.807, 2.05) is 19.9 Å². The van der Waals surface area contributed by atoms with Crippen molar-refractivity contribution in [3.63, 3.8) is 0 Å². The van der Waals surface area contributed by atoms with Gasteiger partial charge in [0.1, 0.15) is 42.0 Å². The lowest BCUT2D eigenvalue weighted by Crippen LogP contribution is -2.46. The molecule has 1 aliphatic rings. The quantitative estimate of drug-likeness (QED) is 0.0297. The van der Waals surface area contributed by atoms with Crippen LogP contribution in [0.1, 0.15) is 59.6 Å². The van der Waals surface area contributed by atoms with Crippen molar-refractivity contribution in [2.24, 2.45) is 5.41 Å². The number of imidazole rings is 1. The number of aliphatic hydroxyl groups excluding tert-OH is 2. The minimum atomic E-state index is -5.59. The van der Waals surface area contributed by atoms with Gasteiger partial charge < -0.3 is 50.9 Å². The van der Waals surface area contributed by atoms with Crippen LogP contribution in [0, 0.1) is 5.41 Å². The molecule has 0 radical (unpaired) electrons. The number of amides is 2. The van der Waals surface area contributed by atoms with Gasteiger partial charge in [-0.1, -0.05) is 37.3 Å². The molecule has 0 aromatic carbocycles. The topological polar surface area (TPSA) is 381 Å². The molecular formula is C30H48N7O18P3S. The number of carbonyl (C=O) groups excluding carboxylic acids is 4. The molecule has 25 nitrogen and oxygen atoms in total. The zero-order valence-corrected chi connectivity index (χ0v) is 35.7. The fourth-order valence-corrected chi connectivity index (χ4v) is 8.64. The van der Waals surface area contributed by atoms with E-state index >= 15 is 0 Å². The first-order valence-electron chi connectivity index (χ1n) is 17.5. The molecule has 7 atom stereocenters. The molecule has 0 aliphatic carbocycles. The van der Waals surface area contributed by atoms with Gasteiger partial charge in [0.25, 0.3) is 0 Å². The number of carbonyl (C=O) groups is 4. The fraction of sp³-hybridized carbons (Fsp3) is 0.633. The number of hydrogen-bond donors (Lipinski definition) is 9. The number of ether oxygens (including phenoxy) is 1. The second kappa shape index (κ2) is 21.7. The summed E-state index contributed by atoms with van der Waals surface area (Å²) in [6.07, 6.45) is -4.52. The lowest BCUT2D eigenvalue weighted by Gasteiger charge is -2.30. The SMILES string of the molecule is CC(C)=CCCC(=O)CC(=O)SCCNC(=O)CCNC(=O)C(O)C(C)(C)COP(=O)(O)OP(=O)(O)OC[C@H]1O[C@@H](n2cnc3c(N)ncnc32)[C@H](O)[C@@H]1OP(=O)(O)O. The maximum atomic E-state index is 12.7. The van der Waals surface area contributed by atoms with Crippen molar-refractivity contribution in [3.05, 3.63) is 24.3 Å². The second-order valence-corrected chi connectivity index (χ2v) is 19.2. The van der Waals surface area contributed by atoms with Crippen LogP contribution in [0.15, 0.2) is 24.3 Å². The number of thioether (sulfide) groups is 1. The fourth-order valence-electron chi connectivity index (χ4n) is 5.12. The van der Waals surface area contributed by atoms with Crippen molar-refractivity contribution in [1.29, 1.82) is 0 Å². The van der Waals surface area contributed by atoms with Crippen LogP contribution in [0.25, 0.3) is 11.2 Å². The minimum absolute atomic E-state index is 0.0238. The maximum Gasteiger partial charge on any atom is 0.481 e. The van der Waals surface area contributed by atoms with Crippen LogP contribution in [0.2, 0.25) is 0 Å². The van der Waals surface area contributed by atoms with Gasteiger partial charge in [-0.25, -0.2) is 28.6 Å². The van der Waals surface area contributed by atoms with Gasteiger partial charge in [0.15, 0.2) is 22.8 Å². The van der Waals surface area contributed by atoms with E-state index in [1.54, 1.807) is 0 Å². The number of rotatable bonds is 24. The highest BCUT2D eigenvalue weighted by Crippen LogP contribution is 2.61. The molecule has 1 aliphatic heterocycles. The number of hydrogen-bond acceptors (Lipinski definition) is 19. The molecule has 1 fully saturated rings. The molecule has 29 heteroatoms. The van der Waals surface area contributed by atoms with E-state index in [2.05, 4.69) is 34.4 Å². The number of nitrogens with two attached hydrogens (primary N) is 1. The Hall–Kier alpha value is -3.03. The first-order chi connectivity index (χ1) is 27.3. The van der Waals surface area contributed by atoms with Crippen LogP contribution in [-0.4, -0.2) is 128 Å². The molecule has 0 saturated carbocycles. The Morgan fingerprint density at radius 2 is 1.71 bits per heavy atom. The molecule has 59 heavy (non-hydrogen) atoms. The third kappa shape index (κ3) is 16.4. The molecule has 3 rings (SSSR count). The average molecular weight is 920 g/mol. The number of nitrogens with zero attached hydrogens (tertiary/aromatic N) is 4. The third-order valence-electron chi connectivity index (χ3n) is 8.08. The zero-order valence-electron chi connectivity index (χ0n) is 32.2. The molecule has 3 heterocycles. The summed E-state index contributed by atoms with van der Waals surface area (Å²) in [6.45, 7) is 4.11. The van der Waals surface area contributed by atoms with Crippen LogP contribution in [0.4, 0.5) is 5.82 Å². The smallest absolute Gasteiger partial charge is 0.386 e. The lowest BCUT2D eigenvalue weighted by molar-refractivity contribution is -0.137. The lowest BCUT2D eigenvalue weighted by atomic mass is 9.87. The van der Waals surface area contributed by atoms with Gasteiger partial charge in [-0.3, -0.25) is 37.3 Å². The number of anilines is 1. The first-order valence-corrected chi connectivity index (χ1v) is 23.0. The molecule has 2 amide bonds. The van der Waals surface area contributed by atoms with E-state index in [9.17, 15) is 62.7 Å². The third-order valence-corrected chi connectivity index (χ3v) is 12.1. The Morgan fingerprint density at radius 1 is 1.03 bits per heavy atom. The summed E-state index contributed by atoms with van der Waals surface area (Å²) in [5.41, 5.74) is 5.30. The molecule has 0 bridgehead atoms. The summed E-state index contributed by atoms with van der Waals surface area (Å²) in [5.74, 6) is -1.51. The first kappa shape index (κ1) is 50.3. The predicted molar refractivity (Wildman–Crippen MR) is 205 cm³/mol. The van der Waals surface area contributed by atoms with Crippen molar-refractivity contribution in [2.75, 3.05) is 37.8 Å². The standard InChI is InChI=1S/C30H48N7O18P3S/c1-17(2)6-5-7-18(38)12-21(40)59-11-10-32-20(39)8-9-33-28(43)25(42)30(3,4)14-52-58(49,50)55-57(47,48)51-13-19-24(54-56(44,45)46)23(41)29(53-19)37-16-36-22-26(31)34-15-35-27(22)37/h6,15-16,19,23-25,29,41-42H,5,7-14H2,1-4H3,(H,32,39)(H,33,43)(H,47,48)(H,49,50)(H2,31,34,35)(H2,44,45,46)/t19-,23-,24-,25?,29-/m1/s1. The zero-order chi connectivity index (χ0) is 44.3. The van der Waals surface area contributed by atoms with Crippen molar-refractivity contribution in [3.8, 4) is 0 Å². The Morgan fingerprint density at radius 3 is 2.37 bits per heavy atom. The molecule has 332 valence electrons. The molecule has 0 spiro atoms. The van der Waals surface area contributed by atoms with E-state index in [1.165, 1.54) is 13.8 Å². The number of aromatic nitrogens is 4. The van der Waals surface area contributed by atoms with Gasteiger partial charge in [0.2, 0.25) is 11.8 Å².